The topological polar surface area (TPSA) is 77.5 Å². The Morgan fingerprint density at radius 3 is 2.79 bits per heavy atom. The van der Waals surface area contributed by atoms with Crippen LogP contribution in [0.4, 0.5) is 5.13 Å². The number of hydrogen-bond donors (Lipinski definition) is 1. The molecule has 1 heterocycles. The summed E-state index contributed by atoms with van der Waals surface area (Å²) in [7, 11) is 1.52. The fourth-order valence-electron chi connectivity index (χ4n) is 1.14. The second kappa shape index (κ2) is 7.51. The van der Waals surface area contributed by atoms with E-state index >= 15 is 0 Å². The maximum absolute atomic E-state index is 11.7. The Morgan fingerprint density at radius 1 is 1.47 bits per heavy atom. The number of rotatable bonds is 4. The van der Waals surface area contributed by atoms with E-state index in [1.165, 1.54) is 14.0 Å². The minimum Gasteiger partial charge on any atom is -0.461 e. The quantitative estimate of drug-likeness (QED) is 0.665. The molecule has 0 saturated carbocycles. The number of amides is 1. The number of hydrogen-bond acceptors (Lipinski definition) is 6. The molecule has 7 heteroatoms. The smallest absolute Gasteiger partial charge is 0.359 e. The summed E-state index contributed by atoms with van der Waals surface area (Å²) in [6.07, 6.45) is 0. The van der Waals surface area contributed by atoms with Crippen molar-refractivity contribution in [3.63, 3.8) is 0 Å². The van der Waals surface area contributed by atoms with E-state index in [4.69, 9.17) is 9.47 Å². The summed E-state index contributed by atoms with van der Waals surface area (Å²) in [5.74, 6) is 4.69. The van der Waals surface area contributed by atoms with Crippen molar-refractivity contribution in [1.82, 2.24) is 4.98 Å². The van der Waals surface area contributed by atoms with Gasteiger partial charge >= 0.3 is 5.97 Å². The fraction of sp³-hybridized carbons (Fsp3) is 0.417. The molecule has 102 valence electrons. The average molecular weight is 282 g/mol. The zero-order chi connectivity index (χ0) is 14.3. The molecule has 0 aliphatic rings. The van der Waals surface area contributed by atoms with Gasteiger partial charge in [-0.3, -0.25) is 4.79 Å². The Labute approximate surface area is 115 Å². The summed E-state index contributed by atoms with van der Waals surface area (Å²) in [4.78, 5) is 27.1. The van der Waals surface area contributed by atoms with Crippen LogP contribution in [0.3, 0.4) is 0 Å². The van der Waals surface area contributed by atoms with Gasteiger partial charge in [-0.1, -0.05) is 23.2 Å². The van der Waals surface area contributed by atoms with Crippen LogP contribution in [0.2, 0.25) is 0 Å². The molecule has 19 heavy (non-hydrogen) atoms. The molecule has 0 unspecified atom stereocenters. The van der Waals surface area contributed by atoms with Crippen LogP contribution in [0.1, 0.15) is 29.2 Å². The highest BCUT2D eigenvalue weighted by atomic mass is 32.1. The van der Waals surface area contributed by atoms with E-state index in [2.05, 4.69) is 22.1 Å². The van der Waals surface area contributed by atoms with Crippen LogP contribution in [-0.4, -0.2) is 37.2 Å². The highest BCUT2D eigenvalue weighted by Crippen LogP contribution is 2.23. The number of esters is 1. The average Bonchev–Trinajstić information content (AvgIpc) is 2.72. The number of carbonyl (C=O) groups excluding carboxylic acids is 2. The molecule has 0 bridgehead atoms. The van der Waals surface area contributed by atoms with Gasteiger partial charge in [0.25, 0.3) is 0 Å². The van der Waals surface area contributed by atoms with Gasteiger partial charge < -0.3 is 14.8 Å². The highest BCUT2D eigenvalue weighted by molar-refractivity contribution is 7.16. The first-order valence-corrected chi connectivity index (χ1v) is 6.33. The van der Waals surface area contributed by atoms with Crippen molar-refractivity contribution in [3.05, 3.63) is 10.6 Å². The lowest BCUT2D eigenvalue weighted by atomic mass is 10.3. The van der Waals surface area contributed by atoms with Crippen LogP contribution < -0.4 is 5.32 Å². The van der Waals surface area contributed by atoms with Crippen molar-refractivity contribution < 1.29 is 19.1 Å². The van der Waals surface area contributed by atoms with Crippen molar-refractivity contribution in [2.24, 2.45) is 0 Å². The van der Waals surface area contributed by atoms with Gasteiger partial charge in [0.05, 0.1) is 6.61 Å². The molecular formula is C12H14N2O4S. The highest BCUT2D eigenvalue weighted by Gasteiger charge is 2.18. The standard InChI is InChI=1S/C12H14N2O4S/c1-4-18-11(16)10-9(6-5-7-17-3)19-12(14-10)13-8(2)15/h4,7H2,1-3H3,(H,13,14,15). The fourth-order valence-corrected chi connectivity index (χ4v) is 2.01. The third-order valence-electron chi connectivity index (χ3n) is 1.80. The van der Waals surface area contributed by atoms with Crippen molar-refractivity contribution in [2.75, 3.05) is 25.6 Å². The molecule has 6 nitrogen and oxygen atoms in total. The molecule has 0 atom stereocenters. The molecule has 1 aromatic heterocycles. The van der Waals surface area contributed by atoms with Gasteiger partial charge in [0, 0.05) is 14.0 Å². The van der Waals surface area contributed by atoms with Crippen LogP contribution in [0, 0.1) is 11.8 Å². The third kappa shape index (κ3) is 4.69. The van der Waals surface area contributed by atoms with Gasteiger partial charge in [-0.2, -0.15) is 0 Å². The zero-order valence-corrected chi connectivity index (χ0v) is 11.7. The monoisotopic (exact) mass is 282 g/mol. The Morgan fingerprint density at radius 2 is 2.21 bits per heavy atom. The van der Waals surface area contributed by atoms with Gasteiger partial charge in [0.2, 0.25) is 5.91 Å². The number of nitrogens with one attached hydrogen (secondary N) is 1. The van der Waals surface area contributed by atoms with Crippen molar-refractivity contribution >= 4 is 28.3 Å². The molecule has 1 amide bonds. The molecule has 0 aromatic carbocycles. The normalized spacial score (nSPS) is 9.42. The number of carbonyl (C=O) groups is 2. The molecule has 0 saturated heterocycles. The molecule has 0 aliphatic heterocycles. The number of aromatic nitrogens is 1. The first-order chi connectivity index (χ1) is 9.08. The Kier molecular flexibility index (Phi) is 5.99. The van der Waals surface area contributed by atoms with E-state index < -0.39 is 5.97 Å². The Bertz CT molecular complexity index is 528. The minimum absolute atomic E-state index is 0.110. The van der Waals surface area contributed by atoms with E-state index in [0.29, 0.717) is 10.0 Å². The molecule has 1 aromatic rings. The maximum atomic E-state index is 11.7. The number of thiazole rings is 1. The van der Waals surface area contributed by atoms with Crippen molar-refractivity contribution in [3.8, 4) is 11.8 Å². The summed E-state index contributed by atoms with van der Waals surface area (Å²) in [6.45, 7) is 3.56. The van der Waals surface area contributed by atoms with Crippen LogP contribution in [-0.2, 0) is 14.3 Å². The first kappa shape index (κ1) is 15.1. The second-order valence-electron chi connectivity index (χ2n) is 3.33. The lowest BCUT2D eigenvalue weighted by Gasteiger charge is -1.97. The number of ether oxygens (including phenoxy) is 2. The molecule has 0 aliphatic carbocycles. The Hall–Kier alpha value is -1.91. The molecule has 0 radical (unpaired) electrons. The summed E-state index contributed by atoms with van der Waals surface area (Å²) < 4.78 is 9.69. The molecule has 1 rings (SSSR count). The number of anilines is 1. The van der Waals surface area contributed by atoms with E-state index in [9.17, 15) is 9.59 Å². The predicted molar refractivity (Wildman–Crippen MR) is 71.1 cm³/mol. The molecule has 0 fully saturated rings. The van der Waals surface area contributed by atoms with Crippen LogP contribution in [0.5, 0.6) is 0 Å². The Balaban J connectivity index is 3.04. The van der Waals surface area contributed by atoms with Crippen LogP contribution in [0.25, 0.3) is 0 Å². The van der Waals surface area contributed by atoms with E-state index in [1.807, 2.05) is 0 Å². The lowest BCUT2D eigenvalue weighted by molar-refractivity contribution is -0.114. The second-order valence-corrected chi connectivity index (χ2v) is 4.33. The number of methoxy groups -OCH3 is 1. The summed E-state index contributed by atoms with van der Waals surface area (Å²) >= 11 is 1.12. The summed E-state index contributed by atoms with van der Waals surface area (Å²) in [6, 6.07) is 0. The van der Waals surface area contributed by atoms with E-state index in [-0.39, 0.29) is 24.8 Å². The minimum atomic E-state index is -0.558. The zero-order valence-electron chi connectivity index (χ0n) is 10.9. The van der Waals surface area contributed by atoms with Crippen LogP contribution in [0.15, 0.2) is 0 Å². The maximum Gasteiger partial charge on any atom is 0.359 e. The molecule has 1 N–H and O–H groups in total. The summed E-state index contributed by atoms with van der Waals surface area (Å²) in [5.41, 5.74) is 0.110. The first-order valence-electron chi connectivity index (χ1n) is 5.51. The third-order valence-corrected chi connectivity index (χ3v) is 2.68. The van der Waals surface area contributed by atoms with Gasteiger partial charge in [-0.25, -0.2) is 9.78 Å². The van der Waals surface area contributed by atoms with Crippen molar-refractivity contribution in [2.45, 2.75) is 13.8 Å². The van der Waals surface area contributed by atoms with Gasteiger partial charge in [-0.05, 0) is 6.92 Å². The van der Waals surface area contributed by atoms with Gasteiger partial charge in [-0.15, -0.1) is 0 Å². The van der Waals surface area contributed by atoms with Gasteiger partial charge in [0.15, 0.2) is 10.8 Å². The largest absolute Gasteiger partial charge is 0.461 e. The number of nitrogens with zero attached hydrogens (tertiary/aromatic N) is 1. The van der Waals surface area contributed by atoms with Crippen LogP contribution >= 0.6 is 11.3 Å². The van der Waals surface area contributed by atoms with Gasteiger partial charge in [0.1, 0.15) is 11.5 Å². The van der Waals surface area contributed by atoms with Crippen molar-refractivity contribution in [1.29, 1.82) is 0 Å². The lowest BCUT2D eigenvalue weighted by Crippen LogP contribution is -2.08. The summed E-state index contributed by atoms with van der Waals surface area (Å²) in [5, 5.41) is 2.83. The van der Waals surface area contributed by atoms with E-state index in [0.717, 1.165) is 11.3 Å². The molecular weight excluding hydrogens is 268 g/mol. The predicted octanol–water partition coefficient (Wildman–Crippen LogP) is 1.28. The SMILES string of the molecule is CCOC(=O)c1nc(NC(C)=O)sc1C#CCOC. The molecule has 0 spiro atoms. The van der Waals surface area contributed by atoms with E-state index in [1.54, 1.807) is 6.92 Å².